The number of likely N-dealkylation sites (N-methyl/N-ethyl adjacent to an activating group) is 1. The van der Waals surface area contributed by atoms with E-state index in [1.807, 2.05) is 37.3 Å². The fourth-order valence-electron chi connectivity index (χ4n) is 3.96. The van der Waals surface area contributed by atoms with E-state index in [9.17, 15) is 22.4 Å². The summed E-state index contributed by atoms with van der Waals surface area (Å²) >= 11 is 0. The van der Waals surface area contributed by atoms with E-state index < -0.39 is 34.3 Å². The van der Waals surface area contributed by atoms with Crippen molar-refractivity contribution >= 4 is 27.5 Å². The molecule has 3 rings (SSSR count). The molecular formula is C28H32FN3O4S. The van der Waals surface area contributed by atoms with Crippen molar-refractivity contribution in [3.8, 4) is 0 Å². The van der Waals surface area contributed by atoms with Gasteiger partial charge >= 0.3 is 0 Å². The third-order valence-electron chi connectivity index (χ3n) is 5.89. The molecule has 9 heteroatoms. The van der Waals surface area contributed by atoms with Crippen LogP contribution in [0.2, 0.25) is 0 Å². The molecule has 3 aromatic rings. The quantitative estimate of drug-likeness (QED) is 0.414. The summed E-state index contributed by atoms with van der Waals surface area (Å²) in [6.45, 7) is 3.53. The Balaban J connectivity index is 2.02. The summed E-state index contributed by atoms with van der Waals surface area (Å²) in [7, 11) is -3.82. The number of halogens is 1. The molecule has 3 aromatic carbocycles. The number of carbonyl (C=O) groups is 2. The number of sulfonamides is 1. The van der Waals surface area contributed by atoms with Gasteiger partial charge in [0.15, 0.2) is 0 Å². The second-order valence-electron chi connectivity index (χ2n) is 8.85. The molecule has 0 saturated heterocycles. The van der Waals surface area contributed by atoms with Crippen molar-refractivity contribution in [1.82, 2.24) is 10.2 Å². The van der Waals surface area contributed by atoms with Crippen LogP contribution in [0.25, 0.3) is 0 Å². The van der Waals surface area contributed by atoms with Gasteiger partial charge in [0.2, 0.25) is 21.8 Å². The third-order valence-corrected chi connectivity index (χ3v) is 7.03. The molecule has 2 amide bonds. The minimum Gasteiger partial charge on any atom is -0.355 e. The predicted molar refractivity (Wildman–Crippen MR) is 143 cm³/mol. The molecule has 0 spiro atoms. The highest BCUT2D eigenvalue weighted by atomic mass is 32.2. The Kier molecular flexibility index (Phi) is 9.41. The zero-order chi connectivity index (χ0) is 27.0. The van der Waals surface area contributed by atoms with Gasteiger partial charge < -0.3 is 10.2 Å². The minimum atomic E-state index is -3.82. The van der Waals surface area contributed by atoms with E-state index in [1.54, 1.807) is 43.3 Å². The highest BCUT2D eigenvalue weighted by Gasteiger charge is 2.32. The van der Waals surface area contributed by atoms with Crippen LogP contribution in [-0.4, -0.2) is 50.5 Å². The third kappa shape index (κ3) is 7.88. The van der Waals surface area contributed by atoms with Crippen LogP contribution in [0.1, 0.15) is 23.6 Å². The standard InChI is InChI=1S/C28H32FN3O4S/c1-4-30-28(34)26(18-22-8-6-5-7-9-22)31(19-23-12-14-24(29)15-13-23)27(33)20-32(37(3,35)36)25-16-10-21(2)11-17-25/h5-17,26H,4,18-20H2,1-3H3,(H,30,34)/t26-/m1/s1. The average Bonchev–Trinajstić information content (AvgIpc) is 2.86. The molecule has 1 atom stereocenters. The van der Waals surface area contributed by atoms with Crippen LogP contribution >= 0.6 is 0 Å². The van der Waals surface area contributed by atoms with Gasteiger partial charge in [-0.2, -0.15) is 0 Å². The number of anilines is 1. The van der Waals surface area contributed by atoms with Gasteiger partial charge in [-0.25, -0.2) is 12.8 Å². The largest absolute Gasteiger partial charge is 0.355 e. The number of hydrogen-bond acceptors (Lipinski definition) is 4. The fraction of sp³-hybridized carbons (Fsp3) is 0.286. The SMILES string of the molecule is CCNC(=O)[C@@H](Cc1ccccc1)N(Cc1ccc(F)cc1)C(=O)CN(c1ccc(C)cc1)S(C)(=O)=O. The summed E-state index contributed by atoms with van der Waals surface area (Å²) in [5.41, 5.74) is 2.74. The number of aryl methyl sites for hydroxylation is 1. The molecule has 0 aliphatic rings. The second kappa shape index (κ2) is 12.5. The van der Waals surface area contributed by atoms with Crippen LogP contribution in [0.3, 0.4) is 0 Å². The molecule has 0 radical (unpaired) electrons. The number of hydrogen-bond donors (Lipinski definition) is 1. The van der Waals surface area contributed by atoms with Crippen molar-refractivity contribution in [2.75, 3.05) is 23.7 Å². The topological polar surface area (TPSA) is 86.8 Å². The Morgan fingerprint density at radius 2 is 1.54 bits per heavy atom. The summed E-state index contributed by atoms with van der Waals surface area (Å²) in [5, 5.41) is 2.79. The van der Waals surface area contributed by atoms with Gasteiger partial charge in [0.1, 0.15) is 18.4 Å². The molecule has 0 unspecified atom stereocenters. The van der Waals surface area contributed by atoms with E-state index in [0.29, 0.717) is 17.8 Å². The van der Waals surface area contributed by atoms with Crippen LogP contribution in [-0.2, 0) is 32.6 Å². The van der Waals surface area contributed by atoms with E-state index in [0.717, 1.165) is 21.7 Å². The smallest absolute Gasteiger partial charge is 0.244 e. The predicted octanol–water partition coefficient (Wildman–Crippen LogP) is 3.68. The first-order chi connectivity index (χ1) is 17.6. The first kappa shape index (κ1) is 27.9. The van der Waals surface area contributed by atoms with Gasteiger partial charge in [0.05, 0.1) is 11.9 Å². The molecule has 196 valence electrons. The summed E-state index contributed by atoms with van der Waals surface area (Å²) in [4.78, 5) is 28.4. The molecule has 0 aliphatic heterocycles. The lowest BCUT2D eigenvalue weighted by molar-refractivity contribution is -0.140. The monoisotopic (exact) mass is 525 g/mol. The van der Waals surface area contributed by atoms with Crippen molar-refractivity contribution in [3.05, 3.63) is 101 Å². The molecular weight excluding hydrogens is 493 g/mol. The van der Waals surface area contributed by atoms with Crippen molar-refractivity contribution < 1.29 is 22.4 Å². The Labute approximate surface area is 218 Å². The summed E-state index contributed by atoms with van der Waals surface area (Å²) < 4.78 is 40.0. The van der Waals surface area contributed by atoms with E-state index in [1.165, 1.54) is 17.0 Å². The maximum atomic E-state index is 13.8. The molecule has 0 aliphatic carbocycles. The summed E-state index contributed by atoms with van der Waals surface area (Å²) in [6.07, 6.45) is 1.26. The van der Waals surface area contributed by atoms with Crippen LogP contribution in [0.4, 0.5) is 10.1 Å². The molecule has 0 heterocycles. The Bertz CT molecular complexity index is 1300. The lowest BCUT2D eigenvalue weighted by atomic mass is 10.0. The molecule has 7 nitrogen and oxygen atoms in total. The number of benzene rings is 3. The molecule has 37 heavy (non-hydrogen) atoms. The van der Waals surface area contributed by atoms with E-state index in [4.69, 9.17) is 0 Å². The van der Waals surface area contributed by atoms with E-state index in [2.05, 4.69) is 5.32 Å². The second-order valence-corrected chi connectivity index (χ2v) is 10.8. The van der Waals surface area contributed by atoms with Crippen LogP contribution in [0, 0.1) is 12.7 Å². The number of rotatable bonds is 11. The van der Waals surface area contributed by atoms with Gasteiger partial charge in [-0.1, -0.05) is 60.2 Å². The van der Waals surface area contributed by atoms with Crippen LogP contribution in [0.5, 0.6) is 0 Å². The van der Waals surface area contributed by atoms with Gasteiger partial charge in [0, 0.05) is 19.5 Å². The number of amides is 2. The zero-order valence-corrected chi connectivity index (χ0v) is 22.0. The number of carbonyl (C=O) groups excluding carboxylic acids is 2. The Morgan fingerprint density at radius 1 is 0.919 bits per heavy atom. The molecule has 0 saturated carbocycles. The molecule has 0 aromatic heterocycles. The van der Waals surface area contributed by atoms with Crippen molar-refractivity contribution in [2.45, 2.75) is 32.9 Å². The van der Waals surface area contributed by atoms with Crippen LogP contribution in [0.15, 0.2) is 78.9 Å². The number of nitrogens with zero attached hydrogens (tertiary/aromatic N) is 2. The van der Waals surface area contributed by atoms with Crippen molar-refractivity contribution in [2.24, 2.45) is 0 Å². The highest BCUT2D eigenvalue weighted by Crippen LogP contribution is 2.21. The Morgan fingerprint density at radius 3 is 2.11 bits per heavy atom. The first-order valence-corrected chi connectivity index (χ1v) is 13.8. The lowest BCUT2D eigenvalue weighted by Gasteiger charge is -2.33. The summed E-state index contributed by atoms with van der Waals surface area (Å²) in [5.74, 6) is -1.33. The van der Waals surface area contributed by atoms with Crippen molar-refractivity contribution in [3.63, 3.8) is 0 Å². The zero-order valence-electron chi connectivity index (χ0n) is 21.2. The van der Waals surface area contributed by atoms with Gasteiger partial charge in [-0.3, -0.25) is 13.9 Å². The maximum Gasteiger partial charge on any atom is 0.244 e. The first-order valence-electron chi connectivity index (χ1n) is 12.0. The van der Waals surface area contributed by atoms with Gasteiger partial charge in [0.25, 0.3) is 0 Å². The van der Waals surface area contributed by atoms with E-state index >= 15 is 0 Å². The molecule has 1 N–H and O–H groups in total. The fourth-order valence-corrected chi connectivity index (χ4v) is 4.81. The van der Waals surface area contributed by atoms with Crippen molar-refractivity contribution in [1.29, 1.82) is 0 Å². The average molecular weight is 526 g/mol. The highest BCUT2D eigenvalue weighted by molar-refractivity contribution is 7.92. The van der Waals surface area contributed by atoms with Gasteiger partial charge in [-0.15, -0.1) is 0 Å². The molecule has 0 fully saturated rings. The normalized spacial score (nSPS) is 12.0. The summed E-state index contributed by atoms with van der Waals surface area (Å²) in [6, 6.07) is 20.8. The van der Waals surface area contributed by atoms with E-state index in [-0.39, 0.29) is 18.9 Å². The Hall–Kier alpha value is -3.72. The van der Waals surface area contributed by atoms with Crippen LogP contribution < -0.4 is 9.62 Å². The maximum absolute atomic E-state index is 13.8. The minimum absolute atomic E-state index is 0.000746. The molecule has 0 bridgehead atoms. The lowest BCUT2D eigenvalue weighted by Crippen LogP contribution is -2.53. The van der Waals surface area contributed by atoms with Gasteiger partial charge in [-0.05, 0) is 49.2 Å². The number of nitrogens with one attached hydrogen (secondary N) is 1.